The van der Waals surface area contributed by atoms with E-state index in [1.165, 1.54) is 0 Å². The molecule has 5 heteroatoms. The summed E-state index contributed by atoms with van der Waals surface area (Å²) in [5.74, 6) is -1.17. The summed E-state index contributed by atoms with van der Waals surface area (Å²) in [4.78, 5) is 26.3. The monoisotopic (exact) mass is 303 g/mol. The summed E-state index contributed by atoms with van der Waals surface area (Å²) in [6.07, 6.45) is 2.23. The van der Waals surface area contributed by atoms with Crippen molar-refractivity contribution >= 4 is 17.5 Å². The van der Waals surface area contributed by atoms with Crippen molar-refractivity contribution in [2.75, 3.05) is 25.0 Å². The molecule has 1 aromatic carbocycles. The quantitative estimate of drug-likeness (QED) is 0.834. The van der Waals surface area contributed by atoms with Gasteiger partial charge in [-0.3, -0.25) is 14.5 Å². The fourth-order valence-electron chi connectivity index (χ4n) is 2.88. The number of benzene rings is 1. The van der Waals surface area contributed by atoms with Gasteiger partial charge in [-0.25, -0.2) is 0 Å². The van der Waals surface area contributed by atoms with E-state index in [1.54, 1.807) is 0 Å². The molecule has 2 rings (SSSR count). The van der Waals surface area contributed by atoms with E-state index in [9.17, 15) is 9.59 Å². The van der Waals surface area contributed by atoms with Gasteiger partial charge >= 0.3 is 11.8 Å². The van der Waals surface area contributed by atoms with Crippen molar-refractivity contribution < 1.29 is 9.59 Å². The van der Waals surface area contributed by atoms with Crippen molar-refractivity contribution in [3.63, 3.8) is 0 Å². The average Bonchev–Trinajstić information content (AvgIpc) is 2.95. The Morgan fingerprint density at radius 3 is 2.77 bits per heavy atom. The van der Waals surface area contributed by atoms with Crippen LogP contribution in [0.25, 0.3) is 0 Å². The zero-order valence-corrected chi connectivity index (χ0v) is 13.6. The first-order valence-electron chi connectivity index (χ1n) is 7.91. The maximum atomic E-state index is 12.0. The van der Waals surface area contributed by atoms with Gasteiger partial charge in [0.2, 0.25) is 0 Å². The summed E-state index contributed by atoms with van der Waals surface area (Å²) >= 11 is 0. The van der Waals surface area contributed by atoms with Crippen LogP contribution >= 0.6 is 0 Å². The fourth-order valence-corrected chi connectivity index (χ4v) is 2.88. The molecule has 0 aromatic heterocycles. The minimum absolute atomic E-state index is 0.349. The topological polar surface area (TPSA) is 61.4 Å². The van der Waals surface area contributed by atoms with Gasteiger partial charge in [-0.2, -0.15) is 0 Å². The lowest BCUT2D eigenvalue weighted by atomic mass is 10.1. The Balaban J connectivity index is 1.87. The molecule has 1 aliphatic rings. The summed E-state index contributed by atoms with van der Waals surface area (Å²) in [5, 5.41) is 5.44. The Labute approximate surface area is 132 Å². The third kappa shape index (κ3) is 4.07. The number of rotatable bonds is 4. The molecule has 1 fully saturated rings. The maximum absolute atomic E-state index is 12.0. The van der Waals surface area contributed by atoms with Crippen LogP contribution in [0, 0.1) is 13.8 Å². The number of amides is 2. The van der Waals surface area contributed by atoms with E-state index in [4.69, 9.17) is 0 Å². The fraction of sp³-hybridized carbons (Fsp3) is 0.529. The van der Waals surface area contributed by atoms with E-state index in [0.717, 1.165) is 37.1 Å². The number of likely N-dealkylation sites (tertiary alicyclic amines) is 1. The van der Waals surface area contributed by atoms with E-state index in [-0.39, 0.29) is 0 Å². The Bertz CT molecular complexity index is 557. The summed E-state index contributed by atoms with van der Waals surface area (Å²) < 4.78 is 0. The van der Waals surface area contributed by atoms with E-state index >= 15 is 0 Å². The van der Waals surface area contributed by atoms with Gasteiger partial charge in [0.15, 0.2) is 0 Å². The molecule has 0 aliphatic carbocycles. The molecule has 22 heavy (non-hydrogen) atoms. The van der Waals surface area contributed by atoms with Crippen molar-refractivity contribution in [1.29, 1.82) is 0 Å². The predicted octanol–water partition coefficient (Wildman–Crippen LogP) is 1.84. The molecular weight excluding hydrogens is 278 g/mol. The number of aryl methyl sites for hydroxylation is 2. The second kappa shape index (κ2) is 7.40. The molecule has 0 radical (unpaired) electrons. The van der Waals surface area contributed by atoms with Gasteiger partial charge in [0.25, 0.3) is 0 Å². The van der Waals surface area contributed by atoms with Gasteiger partial charge in [0, 0.05) is 18.3 Å². The van der Waals surface area contributed by atoms with Crippen LogP contribution in [-0.2, 0) is 9.59 Å². The molecule has 1 aliphatic heterocycles. The van der Waals surface area contributed by atoms with Crippen LogP contribution in [0.2, 0.25) is 0 Å². The Morgan fingerprint density at radius 2 is 2.05 bits per heavy atom. The lowest BCUT2D eigenvalue weighted by Crippen LogP contribution is -2.43. The van der Waals surface area contributed by atoms with E-state index in [0.29, 0.717) is 18.3 Å². The molecule has 1 heterocycles. The van der Waals surface area contributed by atoms with Crippen LogP contribution in [0.3, 0.4) is 0 Å². The second-order valence-corrected chi connectivity index (χ2v) is 5.91. The molecule has 1 aromatic rings. The second-order valence-electron chi connectivity index (χ2n) is 5.91. The van der Waals surface area contributed by atoms with Crippen LogP contribution in [0.5, 0.6) is 0 Å². The van der Waals surface area contributed by atoms with Crippen molar-refractivity contribution in [2.45, 2.75) is 39.7 Å². The highest BCUT2D eigenvalue weighted by molar-refractivity contribution is 6.39. The number of carbonyl (C=O) groups is 2. The Hall–Kier alpha value is -1.88. The van der Waals surface area contributed by atoms with Gasteiger partial charge in [-0.1, -0.05) is 19.1 Å². The molecule has 5 nitrogen and oxygen atoms in total. The highest BCUT2D eigenvalue weighted by Crippen LogP contribution is 2.17. The SMILES string of the molecule is CCN1CCC[C@H]1CNC(=O)C(=O)Nc1cc(C)ccc1C. The summed E-state index contributed by atoms with van der Waals surface area (Å²) in [5.41, 5.74) is 2.68. The zero-order chi connectivity index (χ0) is 16.1. The molecule has 0 unspecified atom stereocenters. The van der Waals surface area contributed by atoms with Crippen LogP contribution in [0.1, 0.15) is 30.9 Å². The molecule has 0 bridgehead atoms. The van der Waals surface area contributed by atoms with Crippen molar-refractivity contribution in [1.82, 2.24) is 10.2 Å². The molecule has 2 N–H and O–H groups in total. The first-order valence-corrected chi connectivity index (χ1v) is 7.91. The summed E-state index contributed by atoms with van der Waals surface area (Å²) in [7, 11) is 0. The Morgan fingerprint density at radius 1 is 1.27 bits per heavy atom. The lowest BCUT2D eigenvalue weighted by Gasteiger charge is -2.22. The minimum atomic E-state index is -0.602. The average molecular weight is 303 g/mol. The largest absolute Gasteiger partial charge is 0.346 e. The third-order valence-electron chi connectivity index (χ3n) is 4.25. The third-order valence-corrected chi connectivity index (χ3v) is 4.25. The van der Waals surface area contributed by atoms with Crippen LogP contribution < -0.4 is 10.6 Å². The van der Waals surface area contributed by atoms with Gasteiger partial charge in [0.1, 0.15) is 0 Å². The predicted molar refractivity (Wildman–Crippen MR) is 87.8 cm³/mol. The molecular formula is C17H25N3O2. The molecule has 0 spiro atoms. The minimum Gasteiger partial charge on any atom is -0.346 e. The Kier molecular flexibility index (Phi) is 5.55. The summed E-state index contributed by atoms with van der Waals surface area (Å²) in [6.45, 7) is 8.57. The lowest BCUT2D eigenvalue weighted by molar-refractivity contribution is -0.136. The highest BCUT2D eigenvalue weighted by Gasteiger charge is 2.24. The van der Waals surface area contributed by atoms with Gasteiger partial charge in [0.05, 0.1) is 0 Å². The van der Waals surface area contributed by atoms with Crippen molar-refractivity contribution in [2.24, 2.45) is 0 Å². The van der Waals surface area contributed by atoms with Crippen LogP contribution in [0.15, 0.2) is 18.2 Å². The van der Waals surface area contributed by atoms with Gasteiger partial charge in [-0.05, 0) is 57.0 Å². The molecule has 1 atom stereocenters. The molecule has 1 saturated heterocycles. The zero-order valence-electron chi connectivity index (χ0n) is 13.6. The number of nitrogens with zero attached hydrogens (tertiary/aromatic N) is 1. The van der Waals surface area contributed by atoms with Crippen LogP contribution in [-0.4, -0.2) is 42.4 Å². The van der Waals surface area contributed by atoms with Gasteiger partial charge in [-0.15, -0.1) is 0 Å². The number of hydrogen-bond acceptors (Lipinski definition) is 3. The molecule has 2 amide bonds. The molecule has 0 saturated carbocycles. The first-order chi connectivity index (χ1) is 10.5. The van der Waals surface area contributed by atoms with Crippen molar-refractivity contribution in [3.8, 4) is 0 Å². The van der Waals surface area contributed by atoms with E-state index in [1.807, 2.05) is 32.0 Å². The number of nitrogens with one attached hydrogen (secondary N) is 2. The van der Waals surface area contributed by atoms with Crippen LogP contribution in [0.4, 0.5) is 5.69 Å². The van der Waals surface area contributed by atoms with Gasteiger partial charge < -0.3 is 10.6 Å². The smallest absolute Gasteiger partial charge is 0.313 e. The first kappa shape index (κ1) is 16.5. The van der Waals surface area contributed by atoms with E-state index in [2.05, 4.69) is 22.5 Å². The number of likely N-dealkylation sites (N-methyl/N-ethyl adjacent to an activating group) is 1. The number of carbonyl (C=O) groups excluding carboxylic acids is 2. The number of anilines is 1. The normalized spacial score (nSPS) is 18.2. The van der Waals surface area contributed by atoms with E-state index < -0.39 is 11.8 Å². The summed E-state index contributed by atoms with van der Waals surface area (Å²) in [6, 6.07) is 6.13. The molecule has 120 valence electrons. The maximum Gasteiger partial charge on any atom is 0.313 e. The number of hydrogen-bond donors (Lipinski definition) is 2. The highest BCUT2D eigenvalue weighted by atomic mass is 16.2. The van der Waals surface area contributed by atoms with Crippen molar-refractivity contribution in [3.05, 3.63) is 29.3 Å². The standard InChI is InChI=1S/C17H25N3O2/c1-4-20-9-5-6-14(20)11-18-16(21)17(22)19-15-10-12(2)7-8-13(15)3/h7-8,10,14H,4-6,9,11H2,1-3H3,(H,18,21)(H,19,22)/t14-/m0/s1.